The maximum absolute atomic E-state index is 13.4. The number of nitrogens with one attached hydrogen (secondary N) is 1. The fraction of sp³-hybridized carbons (Fsp3) is 0.158. The predicted molar refractivity (Wildman–Crippen MR) is 107 cm³/mol. The van der Waals surface area contributed by atoms with Gasteiger partial charge in [-0.25, -0.2) is 30.3 Å². The van der Waals surface area contributed by atoms with E-state index >= 15 is 0 Å². The molecule has 10 heteroatoms. The molecule has 1 unspecified atom stereocenters. The Morgan fingerprint density at radius 1 is 0.966 bits per heavy atom. The van der Waals surface area contributed by atoms with Gasteiger partial charge >= 0.3 is 0 Å². The minimum atomic E-state index is -4.07. The van der Waals surface area contributed by atoms with E-state index in [1.54, 1.807) is 17.5 Å². The molecular weight excluding hydrogens is 440 g/mol. The molecule has 0 fully saturated rings. The van der Waals surface area contributed by atoms with Crippen LogP contribution in [0, 0.1) is 18.6 Å². The number of sulfonamides is 1. The molecule has 3 aromatic rings. The Hall–Kier alpha value is -2.14. The number of sulfone groups is 1. The molecule has 0 saturated carbocycles. The Morgan fingerprint density at radius 3 is 2.21 bits per heavy atom. The highest BCUT2D eigenvalue weighted by Gasteiger charge is 2.31. The molecule has 1 heterocycles. The molecule has 1 aromatic heterocycles. The van der Waals surface area contributed by atoms with Crippen molar-refractivity contribution in [2.45, 2.75) is 22.0 Å². The van der Waals surface area contributed by atoms with Gasteiger partial charge in [0.2, 0.25) is 10.0 Å². The molecule has 1 N–H and O–H groups in total. The second-order valence-electron chi connectivity index (χ2n) is 6.27. The summed E-state index contributed by atoms with van der Waals surface area (Å²) in [5, 5.41) is 0.477. The van der Waals surface area contributed by atoms with Gasteiger partial charge in [-0.3, -0.25) is 0 Å². The SMILES string of the molecule is Cc1cc(S(=O)(=O)NCC(c2cccs2)S(=O)(=O)c2ccc(F)cc2)ccc1F. The highest BCUT2D eigenvalue weighted by atomic mass is 32.2. The number of aryl methyl sites for hydroxylation is 1. The summed E-state index contributed by atoms with van der Waals surface area (Å²) < 4.78 is 80.3. The minimum Gasteiger partial charge on any atom is -0.223 e. The summed E-state index contributed by atoms with van der Waals surface area (Å²) >= 11 is 1.17. The van der Waals surface area contributed by atoms with Crippen LogP contribution >= 0.6 is 11.3 Å². The first-order valence-corrected chi connectivity index (χ1v) is 12.3. The van der Waals surface area contributed by atoms with Crippen LogP contribution in [0.2, 0.25) is 0 Å². The molecule has 2 aromatic carbocycles. The molecule has 29 heavy (non-hydrogen) atoms. The number of thiophene rings is 1. The summed E-state index contributed by atoms with van der Waals surface area (Å²) in [4.78, 5) is 0.155. The Bertz CT molecular complexity index is 1210. The summed E-state index contributed by atoms with van der Waals surface area (Å²) in [6, 6.07) is 10.9. The Kier molecular flexibility index (Phi) is 6.18. The second-order valence-corrected chi connectivity index (χ2v) is 11.1. The normalized spacial score (nSPS) is 13.3. The molecule has 0 radical (unpaired) electrons. The van der Waals surface area contributed by atoms with Crippen molar-refractivity contribution in [1.82, 2.24) is 4.72 Å². The van der Waals surface area contributed by atoms with Crippen LogP contribution in [0.4, 0.5) is 8.78 Å². The average Bonchev–Trinajstić information content (AvgIpc) is 3.18. The van der Waals surface area contributed by atoms with E-state index in [0.29, 0.717) is 4.88 Å². The summed E-state index contributed by atoms with van der Waals surface area (Å²) in [5.74, 6) is -1.12. The first kappa shape index (κ1) is 21.6. The maximum atomic E-state index is 13.4. The molecule has 0 aliphatic carbocycles. The summed E-state index contributed by atoms with van der Waals surface area (Å²) in [6.07, 6.45) is 0. The van der Waals surface area contributed by atoms with Crippen molar-refractivity contribution in [3.8, 4) is 0 Å². The molecule has 5 nitrogen and oxygen atoms in total. The van der Waals surface area contributed by atoms with Gasteiger partial charge < -0.3 is 0 Å². The van der Waals surface area contributed by atoms with Gasteiger partial charge in [-0.2, -0.15) is 0 Å². The molecule has 154 valence electrons. The molecule has 0 aliphatic rings. The zero-order valence-electron chi connectivity index (χ0n) is 15.2. The number of halogens is 2. The van der Waals surface area contributed by atoms with Crippen molar-refractivity contribution in [2.75, 3.05) is 6.54 Å². The van der Waals surface area contributed by atoms with Crippen LogP contribution in [0.3, 0.4) is 0 Å². The van der Waals surface area contributed by atoms with Gasteiger partial charge in [0.1, 0.15) is 16.9 Å². The van der Waals surface area contributed by atoms with Crippen molar-refractivity contribution < 1.29 is 25.6 Å². The third kappa shape index (κ3) is 4.72. The molecule has 0 bridgehead atoms. The standard InChI is InChI=1S/C19H17F2NO4S3/c1-13-11-16(8-9-17(13)21)29(25,26)22-12-19(18-3-2-10-27-18)28(23,24)15-6-4-14(20)5-7-15/h2-11,19,22H,12H2,1H3. The molecule has 0 aliphatic heterocycles. The summed E-state index contributed by atoms with van der Waals surface area (Å²) in [5.41, 5.74) is 0.154. The fourth-order valence-electron chi connectivity index (χ4n) is 2.68. The van der Waals surface area contributed by atoms with E-state index < -0.39 is 43.3 Å². The van der Waals surface area contributed by atoms with Gasteiger partial charge in [0.15, 0.2) is 9.84 Å². The Morgan fingerprint density at radius 2 is 1.62 bits per heavy atom. The average molecular weight is 458 g/mol. The first-order valence-electron chi connectivity index (χ1n) is 8.40. The van der Waals surface area contributed by atoms with Gasteiger partial charge in [0.25, 0.3) is 0 Å². The maximum Gasteiger partial charge on any atom is 0.240 e. The quantitative estimate of drug-likeness (QED) is 0.547. The zero-order chi connectivity index (χ0) is 21.2. The van der Waals surface area contributed by atoms with Crippen molar-refractivity contribution in [1.29, 1.82) is 0 Å². The second kappa shape index (κ2) is 8.31. The lowest BCUT2D eigenvalue weighted by Crippen LogP contribution is -2.31. The lowest BCUT2D eigenvalue weighted by molar-refractivity contribution is 0.569. The topological polar surface area (TPSA) is 80.3 Å². The van der Waals surface area contributed by atoms with E-state index in [2.05, 4.69) is 4.72 Å². The van der Waals surface area contributed by atoms with Crippen LogP contribution in [-0.4, -0.2) is 23.4 Å². The molecular formula is C19H17F2NO4S3. The molecule has 0 saturated heterocycles. The number of hydrogen-bond donors (Lipinski definition) is 1. The van der Waals surface area contributed by atoms with Crippen molar-refractivity contribution in [2.24, 2.45) is 0 Å². The van der Waals surface area contributed by atoms with Crippen molar-refractivity contribution in [3.63, 3.8) is 0 Å². The van der Waals surface area contributed by atoms with Crippen molar-refractivity contribution in [3.05, 3.63) is 82.1 Å². The van der Waals surface area contributed by atoms with E-state index in [4.69, 9.17) is 0 Å². The fourth-order valence-corrected chi connectivity index (χ4v) is 6.70. The largest absolute Gasteiger partial charge is 0.240 e. The van der Waals surface area contributed by atoms with Crippen LogP contribution < -0.4 is 4.72 Å². The molecule has 0 spiro atoms. The predicted octanol–water partition coefficient (Wildman–Crippen LogP) is 3.83. The molecule has 3 rings (SSSR count). The van der Waals surface area contributed by atoms with Crippen LogP contribution in [-0.2, 0) is 19.9 Å². The van der Waals surface area contributed by atoms with Gasteiger partial charge in [0.05, 0.1) is 9.79 Å². The lowest BCUT2D eigenvalue weighted by atomic mass is 10.2. The van der Waals surface area contributed by atoms with Gasteiger partial charge in [-0.15, -0.1) is 11.3 Å². The minimum absolute atomic E-state index is 0.117. The summed E-state index contributed by atoms with van der Waals surface area (Å²) in [7, 11) is -8.07. The third-order valence-electron chi connectivity index (χ3n) is 4.28. The van der Waals surface area contributed by atoms with Gasteiger partial charge in [-0.1, -0.05) is 6.07 Å². The lowest BCUT2D eigenvalue weighted by Gasteiger charge is -2.18. The van der Waals surface area contributed by atoms with Crippen LogP contribution in [0.1, 0.15) is 15.7 Å². The third-order valence-corrected chi connectivity index (χ3v) is 8.93. The Balaban J connectivity index is 1.93. The van der Waals surface area contributed by atoms with Crippen LogP contribution in [0.15, 0.2) is 69.8 Å². The highest BCUT2D eigenvalue weighted by molar-refractivity contribution is 7.92. The Labute approximate surface area is 172 Å². The number of benzene rings is 2. The first-order chi connectivity index (χ1) is 13.6. The van der Waals surface area contributed by atoms with Crippen LogP contribution in [0.5, 0.6) is 0 Å². The molecule has 0 amide bonds. The molecule has 1 atom stereocenters. The van der Waals surface area contributed by atoms with E-state index in [1.807, 2.05) is 0 Å². The number of hydrogen-bond acceptors (Lipinski definition) is 5. The smallest absolute Gasteiger partial charge is 0.223 e. The zero-order valence-corrected chi connectivity index (χ0v) is 17.6. The highest BCUT2D eigenvalue weighted by Crippen LogP contribution is 2.32. The van der Waals surface area contributed by atoms with Gasteiger partial charge in [-0.05, 0) is 66.4 Å². The van der Waals surface area contributed by atoms with E-state index in [-0.39, 0.29) is 15.4 Å². The van der Waals surface area contributed by atoms with Gasteiger partial charge in [0, 0.05) is 11.4 Å². The van der Waals surface area contributed by atoms with E-state index in [1.165, 1.54) is 24.3 Å². The van der Waals surface area contributed by atoms with E-state index in [0.717, 1.165) is 36.4 Å². The van der Waals surface area contributed by atoms with E-state index in [9.17, 15) is 25.6 Å². The van der Waals surface area contributed by atoms with Crippen LogP contribution in [0.25, 0.3) is 0 Å². The van der Waals surface area contributed by atoms with Crippen molar-refractivity contribution >= 4 is 31.2 Å². The number of rotatable bonds is 7. The summed E-state index contributed by atoms with van der Waals surface area (Å²) in [6.45, 7) is 1.00. The monoisotopic (exact) mass is 457 g/mol.